The van der Waals surface area contributed by atoms with E-state index in [1.165, 1.54) is 0 Å². The van der Waals surface area contributed by atoms with Crippen LogP contribution in [0.5, 0.6) is 0 Å². The van der Waals surface area contributed by atoms with Crippen molar-refractivity contribution in [2.24, 2.45) is 0 Å². The van der Waals surface area contributed by atoms with Crippen molar-refractivity contribution in [2.45, 2.75) is 40.3 Å². The van der Waals surface area contributed by atoms with Crippen molar-refractivity contribution in [3.8, 4) is 0 Å². The summed E-state index contributed by atoms with van der Waals surface area (Å²) in [5, 5.41) is 0. The molecule has 0 saturated heterocycles. The molecule has 0 bridgehead atoms. The Balaban J connectivity index is 2.08. The third kappa shape index (κ3) is 3.01. The van der Waals surface area contributed by atoms with Gasteiger partial charge in [-0.15, -0.1) is 0 Å². The highest BCUT2D eigenvalue weighted by atomic mass is 16.1. The number of aromatic nitrogens is 2. The normalized spacial score (nSPS) is 14.8. The summed E-state index contributed by atoms with van der Waals surface area (Å²) >= 11 is 0. The van der Waals surface area contributed by atoms with Crippen LogP contribution >= 0.6 is 0 Å². The van der Waals surface area contributed by atoms with Gasteiger partial charge in [-0.05, 0) is 32.4 Å². The molecule has 1 aromatic carbocycles. The fourth-order valence-electron chi connectivity index (χ4n) is 2.91. The maximum Gasteiger partial charge on any atom is 0.259 e. The maximum absolute atomic E-state index is 12.7. The zero-order chi connectivity index (χ0) is 16.4. The van der Waals surface area contributed by atoms with Crippen molar-refractivity contribution in [1.82, 2.24) is 14.5 Å². The van der Waals surface area contributed by atoms with Crippen LogP contribution in [0.25, 0.3) is 0 Å². The Hall–Kier alpha value is -2.14. The lowest BCUT2D eigenvalue weighted by molar-refractivity contribution is 0.195. The Kier molecular flexibility index (Phi) is 4.48. The largest absolute Gasteiger partial charge is 0.298 e. The average Bonchev–Trinajstić information content (AvgIpc) is 2.58. The first-order chi connectivity index (χ1) is 11.1. The molecule has 0 atom stereocenters. The predicted molar refractivity (Wildman–Crippen MR) is 93.0 cm³/mol. The molecule has 1 aromatic heterocycles. The zero-order valence-corrected chi connectivity index (χ0v) is 14.1. The second-order valence-electron chi connectivity index (χ2n) is 6.15. The third-order valence-electron chi connectivity index (χ3n) is 4.44. The topological polar surface area (TPSA) is 41.4 Å². The smallest absolute Gasteiger partial charge is 0.259 e. The van der Waals surface area contributed by atoms with Crippen LogP contribution in [0.2, 0.25) is 0 Å². The zero-order valence-electron chi connectivity index (χ0n) is 14.1. The van der Waals surface area contributed by atoms with Crippen LogP contribution in [0, 0.1) is 13.8 Å². The van der Waals surface area contributed by atoms with Crippen molar-refractivity contribution in [3.63, 3.8) is 0 Å². The van der Waals surface area contributed by atoms with Gasteiger partial charge in [0.2, 0.25) is 5.95 Å². The SMILES string of the molecule is CCCCN1CN(c2ccccc2)c2nc(C)c(C)c(=O)n2C1. The van der Waals surface area contributed by atoms with E-state index in [0.717, 1.165) is 48.9 Å². The van der Waals surface area contributed by atoms with E-state index < -0.39 is 0 Å². The van der Waals surface area contributed by atoms with E-state index in [-0.39, 0.29) is 5.56 Å². The summed E-state index contributed by atoms with van der Waals surface area (Å²) in [4.78, 5) is 21.8. The number of rotatable bonds is 4. The minimum absolute atomic E-state index is 0.0645. The molecule has 0 unspecified atom stereocenters. The quantitative estimate of drug-likeness (QED) is 0.870. The number of hydrogen-bond donors (Lipinski definition) is 0. The molecule has 0 radical (unpaired) electrons. The summed E-state index contributed by atoms with van der Waals surface area (Å²) in [5.41, 5.74) is 2.68. The lowest BCUT2D eigenvalue weighted by Crippen LogP contribution is -2.48. The molecule has 0 spiro atoms. The number of aryl methyl sites for hydroxylation is 1. The van der Waals surface area contributed by atoms with Crippen molar-refractivity contribution in [1.29, 1.82) is 0 Å². The number of hydrogen-bond acceptors (Lipinski definition) is 4. The van der Waals surface area contributed by atoms with E-state index in [4.69, 9.17) is 4.98 Å². The van der Waals surface area contributed by atoms with Crippen LogP contribution in [0.15, 0.2) is 35.1 Å². The van der Waals surface area contributed by atoms with Gasteiger partial charge in [0, 0.05) is 23.5 Å². The van der Waals surface area contributed by atoms with Crippen LogP contribution in [-0.2, 0) is 6.67 Å². The standard InChI is InChI=1S/C18H24N4O/c1-4-5-11-20-12-21(16-9-7-6-8-10-16)18-19-15(3)14(2)17(23)22(18)13-20/h6-10H,4-5,11-13H2,1-3H3. The summed E-state index contributed by atoms with van der Waals surface area (Å²) in [6.07, 6.45) is 2.28. The lowest BCUT2D eigenvalue weighted by Gasteiger charge is -2.38. The van der Waals surface area contributed by atoms with Crippen molar-refractivity contribution in [2.75, 3.05) is 18.1 Å². The van der Waals surface area contributed by atoms with Crippen molar-refractivity contribution >= 4 is 11.6 Å². The number of unbranched alkanes of at least 4 members (excludes halogenated alkanes) is 1. The highest BCUT2D eigenvalue weighted by molar-refractivity contribution is 5.58. The van der Waals surface area contributed by atoms with Crippen LogP contribution in [0.4, 0.5) is 11.6 Å². The van der Waals surface area contributed by atoms with Gasteiger partial charge in [-0.2, -0.15) is 0 Å². The molecule has 0 aliphatic carbocycles. The first kappa shape index (κ1) is 15.7. The first-order valence-corrected chi connectivity index (χ1v) is 8.24. The predicted octanol–water partition coefficient (Wildman–Crippen LogP) is 3.03. The van der Waals surface area contributed by atoms with Gasteiger partial charge >= 0.3 is 0 Å². The Morgan fingerprint density at radius 2 is 1.87 bits per heavy atom. The van der Waals surface area contributed by atoms with Gasteiger partial charge in [-0.3, -0.25) is 19.2 Å². The molecule has 23 heavy (non-hydrogen) atoms. The highest BCUT2D eigenvalue weighted by Crippen LogP contribution is 2.27. The number of anilines is 2. The number of fused-ring (bicyclic) bond motifs is 1. The van der Waals surface area contributed by atoms with Crippen LogP contribution in [0.1, 0.15) is 31.0 Å². The minimum atomic E-state index is 0.0645. The second-order valence-corrected chi connectivity index (χ2v) is 6.15. The van der Waals surface area contributed by atoms with Gasteiger partial charge in [-0.1, -0.05) is 31.5 Å². The van der Waals surface area contributed by atoms with E-state index in [2.05, 4.69) is 28.9 Å². The molecule has 1 aliphatic heterocycles. The Morgan fingerprint density at radius 1 is 1.13 bits per heavy atom. The monoisotopic (exact) mass is 312 g/mol. The molecule has 2 aromatic rings. The molecule has 1 aliphatic rings. The van der Waals surface area contributed by atoms with E-state index in [1.807, 2.05) is 32.0 Å². The molecule has 2 heterocycles. The van der Waals surface area contributed by atoms with Crippen molar-refractivity contribution in [3.05, 3.63) is 51.9 Å². The maximum atomic E-state index is 12.7. The van der Waals surface area contributed by atoms with Gasteiger partial charge in [0.15, 0.2) is 0 Å². The Morgan fingerprint density at radius 3 is 2.57 bits per heavy atom. The molecule has 122 valence electrons. The number of para-hydroxylation sites is 1. The molecule has 0 fully saturated rings. The molecule has 0 saturated carbocycles. The molecular formula is C18H24N4O. The van der Waals surface area contributed by atoms with Crippen molar-refractivity contribution < 1.29 is 0 Å². The van der Waals surface area contributed by atoms with Gasteiger partial charge in [0.1, 0.15) is 0 Å². The van der Waals surface area contributed by atoms with Gasteiger partial charge in [0.05, 0.1) is 13.3 Å². The highest BCUT2D eigenvalue weighted by Gasteiger charge is 2.26. The second kappa shape index (κ2) is 6.54. The minimum Gasteiger partial charge on any atom is -0.298 e. The van der Waals surface area contributed by atoms with Gasteiger partial charge in [-0.25, -0.2) is 4.98 Å². The van der Waals surface area contributed by atoms with E-state index in [1.54, 1.807) is 4.57 Å². The summed E-state index contributed by atoms with van der Waals surface area (Å²) in [6, 6.07) is 10.2. The van der Waals surface area contributed by atoms with E-state index in [9.17, 15) is 4.79 Å². The van der Waals surface area contributed by atoms with Gasteiger partial charge in [0.25, 0.3) is 5.56 Å². The van der Waals surface area contributed by atoms with E-state index in [0.29, 0.717) is 6.67 Å². The summed E-state index contributed by atoms with van der Waals surface area (Å²) < 4.78 is 1.80. The molecule has 3 rings (SSSR count). The Bertz CT molecular complexity index is 739. The molecule has 5 heteroatoms. The lowest BCUT2D eigenvalue weighted by atomic mass is 10.2. The fraction of sp³-hybridized carbons (Fsp3) is 0.444. The summed E-state index contributed by atoms with van der Waals surface area (Å²) in [7, 11) is 0. The third-order valence-corrected chi connectivity index (χ3v) is 4.44. The number of nitrogens with zero attached hydrogens (tertiary/aromatic N) is 4. The van der Waals surface area contributed by atoms with Crippen LogP contribution in [0.3, 0.4) is 0 Å². The Labute approximate surface area is 137 Å². The fourth-order valence-corrected chi connectivity index (χ4v) is 2.91. The first-order valence-electron chi connectivity index (χ1n) is 8.24. The van der Waals surface area contributed by atoms with Gasteiger partial charge < -0.3 is 0 Å². The molecular weight excluding hydrogens is 288 g/mol. The number of benzene rings is 1. The molecule has 5 nitrogen and oxygen atoms in total. The molecule has 0 N–H and O–H groups in total. The molecule has 0 amide bonds. The average molecular weight is 312 g/mol. The van der Waals surface area contributed by atoms with Crippen LogP contribution in [-0.4, -0.2) is 27.7 Å². The van der Waals surface area contributed by atoms with E-state index >= 15 is 0 Å². The summed E-state index contributed by atoms with van der Waals surface area (Å²) in [5.74, 6) is 0.747. The summed E-state index contributed by atoms with van der Waals surface area (Å²) in [6.45, 7) is 8.32. The van der Waals surface area contributed by atoms with Crippen LogP contribution < -0.4 is 10.5 Å².